The number of carbonyl (C=O) groups excluding carboxylic acids is 1. The first kappa shape index (κ1) is 19.6. The largest absolute Gasteiger partial charge is 0.353 e. The summed E-state index contributed by atoms with van der Waals surface area (Å²) in [5.41, 5.74) is 1.16. The summed E-state index contributed by atoms with van der Waals surface area (Å²) in [6.07, 6.45) is 2.61. The lowest BCUT2D eigenvalue weighted by atomic mass is 10.1. The number of carbonyl (C=O) groups is 1. The first-order valence-corrected chi connectivity index (χ1v) is 9.58. The lowest BCUT2D eigenvalue weighted by Crippen LogP contribution is -2.45. The molecule has 3 rings (SSSR count). The van der Waals surface area contributed by atoms with Gasteiger partial charge in [0, 0.05) is 33.0 Å². The Balaban J connectivity index is 1.66. The predicted molar refractivity (Wildman–Crippen MR) is 104 cm³/mol. The summed E-state index contributed by atoms with van der Waals surface area (Å²) in [5, 5.41) is 6.89. The highest BCUT2D eigenvalue weighted by molar-refractivity contribution is 5.85. The number of benzene rings is 1. The summed E-state index contributed by atoms with van der Waals surface area (Å²) in [5.74, 6) is 0.170. The van der Waals surface area contributed by atoms with Gasteiger partial charge in [-0.2, -0.15) is 0 Å². The van der Waals surface area contributed by atoms with Crippen molar-refractivity contribution in [1.82, 2.24) is 15.5 Å². The van der Waals surface area contributed by atoms with E-state index in [1.54, 1.807) is 19.0 Å². The van der Waals surface area contributed by atoms with Crippen molar-refractivity contribution in [3.8, 4) is 0 Å². The van der Waals surface area contributed by atoms with Crippen LogP contribution in [0.5, 0.6) is 0 Å². The van der Waals surface area contributed by atoms with Gasteiger partial charge in [0.15, 0.2) is 11.7 Å². The number of hydrogen-bond donors (Lipinski definition) is 2. The van der Waals surface area contributed by atoms with Gasteiger partial charge in [-0.1, -0.05) is 30.3 Å². The predicted octanol–water partition coefficient (Wildman–Crippen LogP) is 1.67. The van der Waals surface area contributed by atoms with E-state index in [9.17, 15) is 4.79 Å². The van der Waals surface area contributed by atoms with Gasteiger partial charge in [0.1, 0.15) is 6.54 Å². The minimum absolute atomic E-state index is 0.0335. The number of nitrogens with one attached hydrogen (secondary N) is 2. The van der Waals surface area contributed by atoms with Crippen LogP contribution in [0.25, 0.3) is 0 Å². The van der Waals surface area contributed by atoms with Crippen LogP contribution >= 0.6 is 0 Å². The van der Waals surface area contributed by atoms with E-state index in [1.807, 2.05) is 18.2 Å². The molecule has 1 aliphatic carbocycles. The Kier molecular flexibility index (Phi) is 6.34. The summed E-state index contributed by atoms with van der Waals surface area (Å²) in [6.45, 7) is 3.51. The SMILES string of the molecule is CC(NC(=NCC(=O)N(C)C)NC1CCC2(C1)OCCO2)c1ccccc1. The topological polar surface area (TPSA) is 75.2 Å². The van der Waals surface area contributed by atoms with E-state index in [0.29, 0.717) is 19.2 Å². The fourth-order valence-electron chi connectivity index (χ4n) is 3.50. The molecule has 1 aromatic carbocycles. The number of amides is 1. The third kappa shape index (κ3) is 5.20. The second-order valence-corrected chi connectivity index (χ2v) is 7.42. The molecule has 2 fully saturated rings. The van der Waals surface area contributed by atoms with Crippen molar-refractivity contribution in [2.24, 2.45) is 4.99 Å². The average Bonchev–Trinajstić information content (AvgIpc) is 3.29. The molecule has 1 spiro atoms. The maximum absolute atomic E-state index is 12.0. The van der Waals surface area contributed by atoms with Gasteiger partial charge in [0.25, 0.3) is 0 Å². The van der Waals surface area contributed by atoms with Crippen molar-refractivity contribution in [1.29, 1.82) is 0 Å². The Morgan fingerprint density at radius 3 is 2.67 bits per heavy atom. The van der Waals surface area contributed by atoms with Crippen LogP contribution in [0, 0.1) is 0 Å². The van der Waals surface area contributed by atoms with Gasteiger partial charge in [0.2, 0.25) is 5.91 Å². The zero-order valence-electron chi connectivity index (χ0n) is 16.4. The molecular weight excluding hydrogens is 344 g/mol. The van der Waals surface area contributed by atoms with Crippen molar-refractivity contribution < 1.29 is 14.3 Å². The highest BCUT2D eigenvalue weighted by atomic mass is 16.7. The van der Waals surface area contributed by atoms with E-state index in [-0.39, 0.29) is 24.5 Å². The molecule has 0 aromatic heterocycles. The third-order valence-electron chi connectivity index (χ3n) is 5.11. The molecule has 2 unspecified atom stereocenters. The van der Waals surface area contributed by atoms with Gasteiger partial charge in [-0.05, 0) is 18.9 Å². The molecule has 1 saturated carbocycles. The quantitative estimate of drug-likeness (QED) is 0.606. The Hall–Kier alpha value is -2.12. The van der Waals surface area contributed by atoms with Gasteiger partial charge in [-0.3, -0.25) is 4.79 Å². The van der Waals surface area contributed by atoms with Crippen LogP contribution in [-0.4, -0.2) is 62.4 Å². The average molecular weight is 374 g/mol. The molecule has 2 N–H and O–H groups in total. The van der Waals surface area contributed by atoms with Crippen LogP contribution in [0.1, 0.15) is 37.8 Å². The maximum atomic E-state index is 12.0. The van der Waals surface area contributed by atoms with Crippen LogP contribution in [0.4, 0.5) is 0 Å². The van der Waals surface area contributed by atoms with Gasteiger partial charge >= 0.3 is 0 Å². The molecule has 1 aromatic rings. The zero-order valence-corrected chi connectivity index (χ0v) is 16.4. The first-order chi connectivity index (χ1) is 13.0. The van der Waals surface area contributed by atoms with Crippen molar-refractivity contribution in [3.05, 3.63) is 35.9 Å². The van der Waals surface area contributed by atoms with Crippen LogP contribution in [0.2, 0.25) is 0 Å². The molecule has 1 saturated heterocycles. The fraction of sp³-hybridized carbons (Fsp3) is 0.600. The Bertz CT molecular complexity index is 656. The molecule has 7 heteroatoms. The summed E-state index contributed by atoms with van der Waals surface area (Å²) < 4.78 is 11.6. The van der Waals surface area contributed by atoms with Gasteiger partial charge in [-0.25, -0.2) is 4.99 Å². The Labute approximate surface area is 161 Å². The zero-order chi connectivity index (χ0) is 19.3. The van der Waals surface area contributed by atoms with Crippen LogP contribution < -0.4 is 10.6 Å². The summed E-state index contributed by atoms with van der Waals surface area (Å²) in [6, 6.07) is 10.5. The van der Waals surface area contributed by atoms with Crippen LogP contribution in [0.15, 0.2) is 35.3 Å². The number of aliphatic imine (C=N–C) groups is 1. The molecule has 1 amide bonds. The summed E-state index contributed by atoms with van der Waals surface area (Å²) >= 11 is 0. The van der Waals surface area contributed by atoms with E-state index < -0.39 is 5.79 Å². The standard InChI is InChI=1S/C20H30N4O3/c1-15(16-7-5-4-6-8-16)22-19(21-14-18(25)24(2)3)23-17-9-10-20(13-17)26-11-12-27-20/h4-8,15,17H,9-14H2,1-3H3,(H2,21,22,23). The second-order valence-electron chi connectivity index (χ2n) is 7.42. The van der Waals surface area contributed by atoms with E-state index in [2.05, 4.69) is 34.7 Å². The number of rotatable bonds is 5. The third-order valence-corrected chi connectivity index (χ3v) is 5.11. The van der Waals surface area contributed by atoms with Crippen molar-refractivity contribution in [3.63, 3.8) is 0 Å². The van der Waals surface area contributed by atoms with Crippen LogP contribution in [0.3, 0.4) is 0 Å². The van der Waals surface area contributed by atoms with Crippen LogP contribution in [-0.2, 0) is 14.3 Å². The first-order valence-electron chi connectivity index (χ1n) is 9.58. The van der Waals surface area contributed by atoms with E-state index in [0.717, 1.165) is 24.8 Å². The molecule has 2 aliphatic rings. The Morgan fingerprint density at radius 2 is 2.00 bits per heavy atom. The molecule has 27 heavy (non-hydrogen) atoms. The number of hydrogen-bond acceptors (Lipinski definition) is 4. The molecule has 0 bridgehead atoms. The van der Waals surface area contributed by atoms with Crippen molar-refractivity contribution in [2.45, 2.75) is 44.1 Å². The summed E-state index contributed by atoms with van der Waals surface area (Å²) in [7, 11) is 3.47. The lowest BCUT2D eigenvalue weighted by Gasteiger charge is -2.24. The van der Waals surface area contributed by atoms with E-state index in [1.165, 1.54) is 0 Å². The molecule has 148 valence electrons. The normalized spacial score (nSPS) is 22.6. The molecule has 2 atom stereocenters. The van der Waals surface area contributed by atoms with E-state index >= 15 is 0 Å². The fourth-order valence-corrected chi connectivity index (χ4v) is 3.50. The van der Waals surface area contributed by atoms with Gasteiger partial charge < -0.3 is 25.0 Å². The monoisotopic (exact) mass is 374 g/mol. The molecule has 1 heterocycles. The van der Waals surface area contributed by atoms with Gasteiger partial charge in [0.05, 0.1) is 19.3 Å². The van der Waals surface area contributed by atoms with Gasteiger partial charge in [-0.15, -0.1) is 0 Å². The number of ether oxygens (including phenoxy) is 2. The maximum Gasteiger partial charge on any atom is 0.243 e. The highest BCUT2D eigenvalue weighted by Crippen LogP contribution is 2.37. The molecule has 1 aliphatic heterocycles. The molecule has 0 radical (unpaired) electrons. The number of likely N-dealkylation sites (N-methyl/N-ethyl adjacent to an activating group) is 1. The van der Waals surface area contributed by atoms with Crippen molar-refractivity contribution in [2.75, 3.05) is 33.9 Å². The molecule has 7 nitrogen and oxygen atoms in total. The number of nitrogens with zero attached hydrogens (tertiary/aromatic N) is 2. The minimum Gasteiger partial charge on any atom is -0.353 e. The lowest BCUT2D eigenvalue weighted by molar-refractivity contribution is -0.151. The molecular formula is C20H30N4O3. The minimum atomic E-state index is -0.437. The van der Waals surface area contributed by atoms with E-state index in [4.69, 9.17) is 9.47 Å². The highest BCUT2D eigenvalue weighted by Gasteiger charge is 2.44. The van der Waals surface area contributed by atoms with Crippen molar-refractivity contribution >= 4 is 11.9 Å². The summed E-state index contributed by atoms with van der Waals surface area (Å²) in [4.78, 5) is 18.0. The second kappa shape index (κ2) is 8.71. The smallest absolute Gasteiger partial charge is 0.243 e. The number of guanidine groups is 1. The Morgan fingerprint density at radius 1 is 1.30 bits per heavy atom.